The third-order valence-corrected chi connectivity index (χ3v) is 4.95. The Morgan fingerprint density at radius 3 is 2.85 bits per heavy atom. The van der Waals surface area contributed by atoms with Gasteiger partial charge >= 0.3 is 5.65 Å². The van der Waals surface area contributed by atoms with Gasteiger partial charge in [-0.15, -0.1) is 5.10 Å². The lowest BCUT2D eigenvalue weighted by Gasteiger charge is -2.19. The molecule has 27 heavy (non-hydrogen) atoms. The van der Waals surface area contributed by atoms with E-state index in [0.29, 0.717) is 22.8 Å². The predicted octanol–water partition coefficient (Wildman–Crippen LogP) is -2.55. The molecule has 0 saturated carbocycles. The molecule has 0 aromatic carbocycles. The minimum atomic E-state index is -4.98. The summed E-state index contributed by atoms with van der Waals surface area (Å²) < 4.78 is 23.9. The number of aliphatic hydroxyl groups is 2. The molecule has 5 unspecified atom stereocenters. The van der Waals surface area contributed by atoms with Crippen LogP contribution >= 0.6 is 7.82 Å². The fourth-order valence-corrected chi connectivity index (χ4v) is 3.58. The van der Waals surface area contributed by atoms with Gasteiger partial charge in [-0.1, -0.05) is 4.98 Å². The zero-order valence-electron chi connectivity index (χ0n) is 14.3. The van der Waals surface area contributed by atoms with Gasteiger partial charge in [0.1, 0.15) is 18.3 Å². The highest BCUT2D eigenvalue weighted by atomic mass is 31.2. The average molecular weight is 400 g/mol. The number of nitrogens with zero attached hydrogens (tertiary/aromatic N) is 6. The van der Waals surface area contributed by atoms with Gasteiger partial charge < -0.3 is 29.3 Å². The number of aromatic nitrogens is 4. The molecule has 2 aliphatic heterocycles. The van der Waals surface area contributed by atoms with E-state index < -0.39 is 39.0 Å². The third-order valence-electron chi connectivity index (χ3n) is 4.47. The van der Waals surface area contributed by atoms with Gasteiger partial charge in [-0.2, -0.15) is 4.98 Å². The second kappa shape index (κ2) is 6.27. The van der Waals surface area contributed by atoms with Crippen molar-refractivity contribution in [3.05, 3.63) is 12.7 Å². The molecule has 1 saturated heterocycles. The van der Waals surface area contributed by atoms with E-state index in [1.54, 1.807) is 29.9 Å². The van der Waals surface area contributed by atoms with Crippen LogP contribution in [-0.2, 0) is 13.8 Å². The summed E-state index contributed by atoms with van der Waals surface area (Å²) in [4.78, 5) is 27.9. The molecule has 0 spiro atoms. The van der Waals surface area contributed by atoms with E-state index in [2.05, 4.69) is 19.6 Å². The fourth-order valence-electron chi connectivity index (χ4n) is 3.25. The topological polar surface area (TPSA) is 169 Å². The first-order valence-electron chi connectivity index (χ1n) is 7.94. The van der Waals surface area contributed by atoms with E-state index in [9.17, 15) is 19.7 Å². The second-order valence-electron chi connectivity index (χ2n) is 6.24. The van der Waals surface area contributed by atoms with Gasteiger partial charge in [0.2, 0.25) is 11.7 Å². The van der Waals surface area contributed by atoms with Crippen LogP contribution in [0.5, 0.6) is 0 Å². The molecule has 5 atom stereocenters. The summed E-state index contributed by atoms with van der Waals surface area (Å²) in [6.07, 6.45) is -2.13. The van der Waals surface area contributed by atoms with E-state index >= 15 is 0 Å². The van der Waals surface area contributed by atoms with Crippen LogP contribution in [0.4, 0.5) is 5.82 Å². The molecule has 1 fully saturated rings. The van der Waals surface area contributed by atoms with Crippen molar-refractivity contribution in [2.45, 2.75) is 31.5 Å². The fraction of sp³-hybridized carbons (Fsp3) is 0.538. The van der Waals surface area contributed by atoms with Crippen molar-refractivity contribution in [3.63, 3.8) is 0 Å². The summed E-state index contributed by atoms with van der Waals surface area (Å²) in [5.74, 6) is 1.17. The highest BCUT2D eigenvalue weighted by molar-refractivity contribution is 7.44. The zero-order chi connectivity index (χ0) is 19.5. The predicted molar refractivity (Wildman–Crippen MR) is 86.3 cm³/mol. The van der Waals surface area contributed by atoms with Gasteiger partial charge in [0, 0.05) is 14.0 Å². The zero-order valence-corrected chi connectivity index (χ0v) is 15.2. The van der Waals surface area contributed by atoms with Crippen molar-refractivity contribution in [2.24, 2.45) is 5.10 Å². The molecule has 0 amide bonds. The van der Waals surface area contributed by atoms with E-state index in [1.165, 1.54) is 10.9 Å². The van der Waals surface area contributed by atoms with Crippen LogP contribution in [0.2, 0.25) is 0 Å². The van der Waals surface area contributed by atoms with Crippen LogP contribution in [0.3, 0.4) is 0 Å². The number of rotatable bonds is 4. The maximum atomic E-state index is 10.8. The minimum absolute atomic E-state index is 0.426. The van der Waals surface area contributed by atoms with Crippen molar-refractivity contribution in [2.75, 3.05) is 18.7 Å². The summed E-state index contributed by atoms with van der Waals surface area (Å²) in [7, 11) is -3.25. The SMILES string of the molecule is CC1=NN(C)c2ncnc3c2n1c[n+]3C1OC(COP(=O)([O-])O)C(O)C1O. The molecular weight excluding hydrogens is 383 g/mol. The van der Waals surface area contributed by atoms with E-state index in [1.807, 2.05) is 0 Å². The standard InChI is InChI=1S/C13H17N6O7P/c1-6-16-17(2)11-8-12(15-4-14-11)19(5-18(6)8)13-10(21)9(20)7(26-13)3-25-27(22,23)24/h4-5,7,9-10,13,20-21H,3H2,1-2H3,(H-,22,23,24). The molecule has 13 nitrogen and oxygen atoms in total. The number of anilines is 1. The Balaban J connectivity index is 1.72. The third kappa shape index (κ3) is 3.02. The smallest absolute Gasteiger partial charge is 0.310 e. The number of phosphoric ester groups is 1. The number of imidazole rings is 1. The molecule has 0 aliphatic carbocycles. The van der Waals surface area contributed by atoms with Gasteiger partial charge in [-0.3, -0.25) is 4.57 Å². The Morgan fingerprint density at radius 2 is 2.15 bits per heavy atom. The Morgan fingerprint density at radius 1 is 1.41 bits per heavy atom. The van der Waals surface area contributed by atoms with Crippen molar-refractivity contribution in [3.8, 4) is 0 Å². The van der Waals surface area contributed by atoms with Gasteiger partial charge in [0.25, 0.3) is 7.82 Å². The van der Waals surface area contributed by atoms with E-state index in [0.717, 1.165) is 0 Å². The van der Waals surface area contributed by atoms with Crippen molar-refractivity contribution in [1.29, 1.82) is 0 Å². The lowest BCUT2D eigenvalue weighted by Crippen LogP contribution is -2.46. The van der Waals surface area contributed by atoms with Crippen molar-refractivity contribution >= 4 is 30.6 Å². The molecule has 0 bridgehead atoms. The Bertz CT molecular complexity index is 973. The van der Waals surface area contributed by atoms with Gasteiger partial charge in [-0.25, -0.2) is 14.1 Å². The first-order valence-corrected chi connectivity index (χ1v) is 9.43. The molecule has 146 valence electrons. The number of ether oxygens (including phenoxy) is 1. The van der Waals surface area contributed by atoms with Gasteiger partial charge in [-0.05, 0) is 0 Å². The summed E-state index contributed by atoms with van der Waals surface area (Å²) in [6.45, 7) is 1.13. The summed E-state index contributed by atoms with van der Waals surface area (Å²) in [6, 6.07) is 0. The summed E-state index contributed by atoms with van der Waals surface area (Å²) in [5.41, 5.74) is 1.06. The highest BCUT2D eigenvalue weighted by Gasteiger charge is 2.47. The number of hydrogen-bond acceptors (Lipinski definition) is 10. The summed E-state index contributed by atoms with van der Waals surface area (Å²) in [5, 5.41) is 26.5. The van der Waals surface area contributed by atoms with Crippen LogP contribution < -0.4 is 14.5 Å². The van der Waals surface area contributed by atoms with Gasteiger partial charge in [0.05, 0.1) is 6.61 Å². The normalized spacial score (nSPS) is 29.9. The first kappa shape index (κ1) is 18.4. The molecule has 2 aromatic heterocycles. The lowest BCUT2D eigenvalue weighted by atomic mass is 10.1. The van der Waals surface area contributed by atoms with Crippen LogP contribution in [0.1, 0.15) is 13.2 Å². The van der Waals surface area contributed by atoms with Crippen LogP contribution in [0, 0.1) is 0 Å². The molecule has 4 rings (SSSR count). The quantitative estimate of drug-likeness (QED) is 0.367. The molecule has 0 radical (unpaired) electrons. The Labute approximate surface area is 152 Å². The average Bonchev–Trinajstić information content (AvgIpc) is 3.11. The molecule has 14 heteroatoms. The first-order chi connectivity index (χ1) is 12.7. The molecular formula is C13H17N6O7P. The molecule has 2 aliphatic rings. The maximum absolute atomic E-state index is 10.8. The highest BCUT2D eigenvalue weighted by Crippen LogP contribution is 2.34. The van der Waals surface area contributed by atoms with Gasteiger partial charge in [0.15, 0.2) is 24.3 Å². The Kier molecular flexibility index (Phi) is 4.27. The molecule has 3 N–H and O–H groups in total. The second-order valence-corrected chi connectivity index (χ2v) is 7.44. The largest absolute Gasteiger partial charge is 0.756 e. The van der Waals surface area contributed by atoms with Crippen LogP contribution in [0.15, 0.2) is 17.8 Å². The van der Waals surface area contributed by atoms with Crippen molar-refractivity contribution in [1.82, 2.24) is 14.5 Å². The van der Waals surface area contributed by atoms with Crippen LogP contribution in [0.25, 0.3) is 11.2 Å². The van der Waals surface area contributed by atoms with Crippen molar-refractivity contribution < 1.29 is 38.4 Å². The lowest BCUT2D eigenvalue weighted by molar-refractivity contribution is -0.745. The molecule has 2 aromatic rings. The number of hydrazone groups is 1. The molecule has 4 heterocycles. The van der Waals surface area contributed by atoms with E-state index in [4.69, 9.17) is 9.63 Å². The maximum Gasteiger partial charge on any atom is 0.310 e. The number of aliphatic hydroxyl groups excluding tert-OH is 2. The number of phosphoric acid groups is 1. The minimum Gasteiger partial charge on any atom is -0.756 e. The summed E-state index contributed by atoms with van der Waals surface area (Å²) >= 11 is 0. The monoisotopic (exact) mass is 400 g/mol. The van der Waals surface area contributed by atoms with Crippen LogP contribution in [-0.4, -0.2) is 67.4 Å². The number of hydrogen-bond donors (Lipinski definition) is 3. The Hall–Kier alpha value is -1.99. The van der Waals surface area contributed by atoms with E-state index in [-0.39, 0.29) is 0 Å².